The molecule has 3 aromatic carbocycles. The Balaban J connectivity index is 1.21. The number of nitrogens with zero attached hydrogens (tertiary/aromatic N) is 5. The quantitative estimate of drug-likeness (QED) is 0.324. The van der Waals surface area contributed by atoms with Gasteiger partial charge < -0.3 is 20.3 Å². The Hall–Kier alpha value is -4.92. The fraction of sp³-hybridized carbons (Fsp3) is 0.250. The largest absolute Gasteiger partial charge is 0.444 e. The van der Waals surface area contributed by atoms with Gasteiger partial charge in [-0.2, -0.15) is 5.10 Å². The van der Waals surface area contributed by atoms with Crippen LogP contribution in [0.4, 0.5) is 10.5 Å². The number of hydrogen-bond donors (Lipinski definition) is 1. The number of anilines is 1. The van der Waals surface area contributed by atoms with Crippen LogP contribution >= 0.6 is 0 Å². The van der Waals surface area contributed by atoms with E-state index in [1.165, 1.54) is 0 Å². The minimum absolute atomic E-state index is 0.256. The molecule has 1 fully saturated rings. The first-order chi connectivity index (χ1) is 19.7. The van der Waals surface area contributed by atoms with Crippen LogP contribution in [0.15, 0.2) is 79.3 Å². The van der Waals surface area contributed by atoms with E-state index in [1.54, 1.807) is 21.7 Å². The summed E-state index contributed by atoms with van der Waals surface area (Å²) in [5.74, 6) is -0.454. The van der Waals surface area contributed by atoms with Crippen LogP contribution in [-0.2, 0) is 4.74 Å². The van der Waals surface area contributed by atoms with Crippen LogP contribution in [0.3, 0.4) is 0 Å². The molecule has 0 unspecified atom stereocenters. The van der Waals surface area contributed by atoms with Crippen LogP contribution in [0.5, 0.6) is 0 Å². The third kappa shape index (κ3) is 5.18. The molecular weight excluding hydrogens is 516 g/mol. The average Bonchev–Trinajstić information content (AvgIpc) is 3.39. The number of primary amides is 1. The summed E-state index contributed by atoms with van der Waals surface area (Å²) in [6.45, 7) is 8.39. The van der Waals surface area contributed by atoms with E-state index in [4.69, 9.17) is 15.5 Å². The maximum atomic E-state index is 12.4. The highest BCUT2D eigenvalue weighted by Gasteiger charge is 2.26. The van der Waals surface area contributed by atoms with E-state index in [-0.39, 0.29) is 6.09 Å². The van der Waals surface area contributed by atoms with Gasteiger partial charge >= 0.3 is 6.09 Å². The molecule has 0 aliphatic carbocycles. The molecule has 41 heavy (non-hydrogen) atoms. The van der Waals surface area contributed by atoms with Crippen molar-refractivity contribution in [3.05, 3.63) is 84.8 Å². The average molecular weight is 549 g/mol. The van der Waals surface area contributed by atoms with Crippen molar-refractivity contribution < 1.29 is 14.3 Å². The van der Waals surface area contributed by atoms with Gasteiger partial charge in [-0.15, -0.1) is 0 Å². The van der Waals surface area contributed by atoms with Crippen molar-refractivity contribution in [2.24, 2.45) is 5.73 Å². The first-order valence-electron chi connectivity index (χ1n) is 13.7. The maximum absolute atomic E-state index is 12.4. The first-order valence-corrected chi connectivity index (χ1v) is 13.7. The molecule has 0 atom stereocenters. The zero-order valence-corrected chi connectivity index (χ0v) is 23.4. The van der Waals surface area contributed by atoms with Crippen molar-refractivity contribution in [3.63, 3.8) is 0 Å². The summed E-state index contributed by atoms with van der Waals surface area (Å²) in [4.78, 5) is 33.2. The van der Waals surface area contributed by atoms with Crippen molar-refractivity contribution >= 4 is 34.1 Å². The molecule has 0 spiro atoms. The number of nitrogens with two attached hydrogens (primary N) is 1. The predicted octanol–water partition coefficient (Wildman–Crippen LogP) is 5.37. The number of carbonyl (C=O) groups excluding carboxylic acids is 2. The second kappa shape index (κ2) is 10.2. The van der Waals surface area contributed by atoms with Crippen molar-refractivity contribution in [2.75, 3.05) is 31.1 Å². The van der Waals surface area contributed by atoms with Gasteiger partial charge in [0.2, 0.25) is 5.91 Å². The van der Waals surface area contributed by atoms with Gasteiger partial charge in [0.15, 0.2) is 5.65 Å². The molecule has 1 saturated heterocycles. The van der Waals surface area contributed by atoms with Crippen molar-refractivity contribution in [1.82, 2.24) is 19.5 Å². The molecule has 2 aromatic heterocycles. The number of fused-ring (bicyclic) bond motifs is 2. The monoisotopic (exact) mass is 548 g/mol. The minimum Gasteiger partial charge on any atom is -0.444 e. The number of aromatic nitrogens is 3. The van der Waals surface area contributed by atoms with Gasteiger partial charge in [-0.25, -0.2) is 14.3 Å². The molecular formula is C32H32N6O3. The fourth-order valence-corrected chi connectivity index (χ4v) is 5.30. The second-order valence-electron chi connectivity index (χ2n) is 11.2. The standard InChI is InChI=1S/C32H32N6O3/c1-32(2,3)41-31(40)37-16-14-36(15-17-37)23-10-8-21(9-11-23)22-18-34-30-28(19-35-38(30)20-22)26-12-13-27(29(33)39)25-7-5-4-6-24(25)26/h4-13,18-20H,14-17H2,1-3H3,(H2,33,39). The van der Waals surface area contributed by atoms with Crippen molar-refractivity contribution in [3.8, 4) is 22.3 Å². The first kappa shape index (κ1) is 26.3. The summed E-state index contributed by atoms with van der Waals surface area (Å²) in [6.07, 6.45) is 5.38. The van der Waals surface area contributed by atoms with E-state index < -0.39 is 11.5 Å². The van der Waals surface area contributed by atoms with Crippen LogP contribution in [-0.4, -0.2) is 63.3 Å². The molecule has 0 saturated carbocycles. The third-order valence-electron chi connectivity index (χ3n) is 7.33. The summed E-state index contributed by atoms with van der Waals surface area (Å²) in [7, 11) is 0. The van der Waals surface area contributed by atoms with Crippen LogP contribution < -0.4 is 10.6 Å². The number of benzene rings is 3. The zero-order chi connectivity index (χ0) is 28.7. The molecule has 208 valence electrons. The molecule has 5 aromatic rings. The Kier molecular flexibility index (Phi) is 6.57. The van der Waals surface area contributed by atoms with E-state index in [9.17, 15) is 9.59 Å². The summed E-state index contributed by atoms with van der Waals surface area (Å²) >= 11 is 0. The zero-order valence-electron chi connectivity index (χ0n) is 23.4. The normalized spacial score (nSPS) is 14.0. The van der Waals surface area contributed by atoms with Gasteiger partial charge in [0, 0.05) is 61.0 Å². The second-order valence-corrected chi connectivity index (χ2v) is 11.2. The fourth-order valence-electron chi connectivity index (χ4n) is 5.30. The molecule has 0 radical (unpaired) electrons. The highest BCUT2D eigenvalue weighted by Crippen LogP contribution is 2.33. The Morgan fingerprint density at radius 1 is 0.829 bits per heavy atom. The molecule has 1 aliphatic rings. The molecule has 2 N–H and O–H groups in total. The van der Waals surface area contributed by atoms with E-state index in [0.717, 1.165) is 57.5 Å². The Morgan fingerprint density at radius 2 is 1.54 bits per heavy atom. The van der Waals surface area contributed by atoms with Crippen LogP contribution in [0, 0.1) is 0 Å². The molecule has 1 aliphatic heterocycles. The van der Waals surface area contributed by atoms with E-state index in [1.807, 2.05) is 63.5 Å². The SMILES string of the molecule is CC(C)(C)OC(=O)N1CCN(c2ccc(-c3cnc4c(-c5ccc(C(N)=O)c6ccccc56)cnn4c3)cc2)CC1. The molecule has 3 heterocycles. The molecule has 6 rings (SSSR count). The smallest absolute Gasteiger partial charge is 0.410 e. The maximum Gasteiger partial charge on any atom is 0.410 e. The minimum atomic E-state index is -0.494. The number of amides is 2. The lowest BCUT2D eigenvalue weighted by atomic mass is 9.96. The Bertz CT molecular complexity index is 1760. The molecule has 9 heteroatoms. The van der Waals surface area contributed by atoms with Crippen LogP contribution in [0.1, 0.15) is 31.1 Å². The van der Waals surface area contributed by atoms with E-state index in [2.05, 4.69) is 34.3 Å². The summed E-state index contributed by atoms with van der Waals surface area (Å²) in [5, 5.41) is 6.32. The van der Waals surface area contributed by atoms with Gasteiger partial charge in [0.1, 0.15) is 5.60 Å². The van der Waals surface area contributed by atoms with E-state index in [0.29, 0.717) is 18.7 Å². The van der Waals surface area contributed by atoms with Crippen LogP contribution in [0.25, 0.3) is 38.7 Å². The molecule has 9 nitrogen and oxygen atoms in total. The lowest BCUT2D eigenvalue weighted by Crippen LogP contribution is -2.50. The number of piperazine rings is 1. The van der Waals surface area contributed by atoms with Gasteiger partial charge in [-0.05, 0) is 60.9 Å². The lowest BCUT2D eigenvalue weighted by molar-refractivity contribution is 0.0240. The highest BCUT2D eigenvalue weighted by molar-refractivity contribution is 6.11. The van der Waals surface area contributed by atoms with E-state index >= 15 is 0 Å². The van der Waals surface area contributed by atoms with Gasteiger partial charge in [-0.1, -0.05) is 42.5 Å². The number of ether oxygens (including phenoxy) is 1. The Morgan fingerprint density at radius 3 is 2.22 bits per heavy atom. The third-order valence-corrected chi connectivity index (χ3v) is 7.33. The summed E-state index contributed by atoms with van der Waals surface area (Å²) in [5.41, 5.74) is 11.2. The van der Waals surface area contributed by atoms with Gasteiger partial charge in [0.05, 0.1) is 6.20 Å². The highest BCUT2D eigenvalue weighted by atomic mass is 16.6. The predicted molar refractivity (Wildman–Crippen MR) is 160 cm³/mol. The topological polar surface area (TPSA) is 106 Å². The van der Waals surface area contributed by atoms with Crippen LogP contribution in [0.2, 0.25) is 0 Å². The molecule has 0 bridgehead atoms. The lowest BCUT2D eigenvalue weighted by Gasteiger charge is -2.36. The van der Waals surface area contributed by atoms with Gasteiger partial charge in [0.25, 0.3) is 0 Å². The molecule has 2 amide bonds. The summed E-state index contributed by atoms with van der Waals surface area (Å²) < 4.78 is 7.29. The number of carbonyl (C=O) groups is 2. The number of rotatable bonds is 4. The van der Waals surface area contributed by atoms with Gasteiger partial charge in [-0.3, -0.25) is 4.79 Å². The summed E-state index contributed by atoms with van der Waals surface area (Å²) in [6, 6.07) is 19.8. The van der Waals surface area contributed by atoms with Crippen molar-refractivity contribution in [2.45, 2.75) is 26.4 Å². The number of hydrogen-bond acceptors (Lipinski definition) is 6. The van der Waals surface area contributed by atoms with Crippen molar-refractivity contribution in [1.29, 1.82) is 0 Å². The Labute approximate surface area is 238 Å².